The number of thiophene rings is 1. The van der Waals surface area contributed by atoms with Crippen LogP contribution in [0.15, 0.2) is 40.8 Å². The first-order valence-electron chi connectivity index (χ1n) is 9.77. The Morgan fingerprint density at radius 3 is 2.72 bits per heavy atom. The molecule has 8 heteroatoms. The third-order valence-corrected chi connectivity index (χ3v) is 6.45. The molecule has 2 aliphatic heterocycles. The van der Waals surface area contributed by atoms with Gasteiger partial charge in [0.1, 0.15) is 0 Å². The maximum absolute atomic E-state index is 13.2. The van der Waals surface area contributed by atoms with Gasteiger partial charge >= 0.3 is 0 Å². The van der Waals surface area contributed by atoms with Crippen LogP contribution in [0.5, 0.6) is 11.5 Å². The number of rotatable bonds is 5. The summed E-state index contributed by atoms with van der Waals surface area (Å²) in [6, 6.07) is 9.04. The van der Waals surface area contributed by atoms with E-state index in [1.807, 2.05) is 29.6 Å². The summed E-state index contributed by atoms with van der Waals surface area (Å²) in [5.41, 5.74) is 1.53. The minimum absolute atomic E-state index is 0.0478. The first-order valence-corrected chi connectivity index (χ1v) is 10.6. The molecule has 1 N–H and O–H groups in total. The summed E-state index contributed by atoms with van der Waals surface area (Å²) in [6.07, 6.45) is 0.565. The number of methoxy groups -OCH3 is 1. The third-order valence-electron chi connectivity index (χ3n) is 5.54. The lowest BCUT2D eigenvalue weighted by Crippen LogP contribution is -2.48. The zero-order valence-corrected chi connectivity index (χ0v) is 17.6. The van der Waals surface area contributed by atoms with Crippen molar-refractivity contribution in [3.63, 3.8) is 0 Å². The standard InChI is InChI=1S/C21H26N4O3S/c1-23-8-10-24(11-9-23)14-20(26)25-17(13-16(22-25)19-7-4-12-29-19)15-5-3-6-18(28-2)21(15)27/h3-7,12,17,27H,8-11,13-14H2,1-2H3. The molecule has 1 saturated heterocycles. The van der Waals surface area contributed by atoms with Gasteiger partial charge in [-0.05, 0) is 24.6 Å². The molecular weight excluding hydrogens is 388 g/mol. The highest BCUT2D eigenvalue weighted by Gasteiger charge is 2.36. The second-order valence-electron chi connectivity index (χ2n) is 7.46. The van der Waals surface area contributed by atoms with Crippen molar-refractivity contribution in [1.82, 2.24) is 14.8 Å². The van der Waals surface area contributed by atoms with Gasteiger partial charge in [-0.2, -0.15) is 5.10 Å². The SMILES string of the molecule is COc1cccc(C2CC(c3cccs3)=NN2C(=O)CN2CCN(C)CC2)c1O. The molecule has 0 bridgehead atoms. The Labute approximate surface area is 174 Å². The van der Waals surface area contributed by atoms with Crippen molar-refractivity contribution in [2.45, 2.75) is 12.5 Å². The van der Waals surface area contributed by atoms with E-state index in [1.54, 1.807) is 22.4 Å². The van der Waals surface area contributed by atoms with Crippen molar-refractivity contribution >= 4 is 23.0 Å². The lowest BCUT2D eigenvalue weighted by Gasteiger charge is -2.33. The Bertz CT molecular complexity index is 891. The van der Waals surface area contributed by atoms with Gasteiger partial charge in [0.25, 0.3) is 5.91 Å². The molecule has 0 saturated carbocycles. The van der Waals surface area contributed by atoms with Crippen LogP contribution in [0.4, 0.5) is 0 Å². The van der Waals surface area contributed by atoms with Crippen LogP contribution in [0, 0.1) is 0 Å². The highest BCUT2D eigenvalue weighted by molar-refractivity contribution is 7.12. The summed E-state index contributed by atoms with van der Waals surface area (Å²) in [6.45, 7) is 3.98. The molecule has 1 amide bonds. The van der Waals surface area contributed by atoms with Crippen LogP contribution >= 0.6 is 11.3 Å². The smallest absolute Gasteiger partial charge is 0.257 e. The zero-order chi connectivity index (χ0) is 20.4. The maximum Gasteiger partial charge on any atom is 0.257 e. The molecule has 1 fully saturated rings. The minimum atomic E-state index is -0.345. The summed E-state index contributed by atoms with van der Waals surface area (Å²) in [7, 11) is 3.62. The number of phenols is 1. The van der Waals surface area contributed by atoms with E-state index < -0.39 is 0 Å². The highest BCUT2D eigenvalue weighted by atomic mass is 32.1. The van der Waals surface area contributed by atoms with Crippen molar-refractivity contribution < 1.29 is 14.6 Å². The van der Waals surface area contributed by atoms with E-state index in [0.717, 1.165) is 36.8 Å². The van der Waals surface area contributed by atoms with Crippen LogP contribution in [0.1, 0.15) is 22.9 Å². The van der Waals surface area contributed by atoms with E-state index in [1.165, 1.54) is 7.11 Å². The van der Waals surface area contributed by atoms with Crippen molar-refractivity contribution in [3.8, 4) is 11.5 Å². The van der Waals surface area contributed by atoms with Gasteiger partial charge in [-0.3, -0.25) is 9.69 Å². The van der Waals surface area contributed by atoms with E-state index in [0.29, 0.717) is 24.3 Å². The van der Waals surface area contributed by atoms with Crippen LogP contribution in [-0.4, -0.2) is 78.4 Å². The number of hydrazone groups is 1. The predicted octanol–water partition coefficient (Wildman–Crippen LogP) is 2.39. The molecule has 0 aliphatic carbocycles. The van der Waals surface area contributed by atoms with E-state index in [2.05, 4.69) is 21.9 Å². The maximum atomic E-state index is 13.2. The molecule has 29 heavy (non-hydrogen) atoms. The van der Waals surface area contributed by atoms with Crippen LogP contribution in [0.2, 0.25) is 0 Å². The Hall–Kier alpha value is -2.42. The average Bonchev–Trinajstić information content (AvgIpc) is 3.39. The first kappa shape index (κ1) is 19.9. The van der Waals surface area contributed by atoms with E-state index >= 15 is 0 Å². The van der Waals surface area contributed by atoms with Crippen molar-refractivity contribution in [2.75, 3.05) is 46.9 Å². The average molecular weight is 415 g/mol. The number of phenolic OH excluding ortho intramolecular Hbond substituents is 1. The number of nitrogens with zero attached hydrogens (tertiary/aromatic N) is 4. The molecule has 1 aromatic heterocycles. The van der Waals surface area contributed by atoms with Gasteiger partial charge in [0.05, 0.1) is 30.3 Å². The Morgan fingerprint density at radius 2 is 2.03 bits per heavy atom. The van der Waals surface area contributed by atoms with E-state index in [4.69, 9.17) is 4.74 Å². The summed E-state index contributed by atoms with van der Waals surface area (Å²) in [5.74, 6) is 0.423. The van der Waals surface area contributed by atoms with Crippen LogP contribution in [0.3, 0.4) is 0 Å². The van der Waals surface area contributed by atoms with Gasteiger partial charge in [0.2, 0.25) is 0 Å². The van der Waals surface area contributed by atoms with Crippen LogP contribution in [-0.2, 0) is 4.79 Å². The fraction of sp³-hybridized carbons (Fsp3) is 0.429. The minimum Gasteiger partial charge on any atom is -0.504 e. The number of aromatic hydroxyl groups is 1. The molecule has 154 valence electrons. The molecule has 4 rings (SSSR count). The van der Waals surface area contributed by atoms with E-state index in [-0.39, 0.29) is 17.7 Å². The molecule has 0 radical (unpaired) electrons. The highest BCUT2D eigenvalue weighted by Crippen LogP contribution is 2.41. The number of likely N-dealkylation sites (N-methyl/N-ethyl adjacent to an activating group) is 1. The number of carbonyl (C=O) groups is 1. The van der Waals surface area contributed by atoms with E-state index in [9.17, 15) is 9.90 Å². The summed E-state index contributed by atoms with van der Waals surface area (Å²) >= 11 is 1.61. The quantitative estimate of drug-likeness (QED) is 0.814. The Kier molecular flexibility index (Phi) is 5.84. The second-order valence-corrected chi connectivity index (χ2v) is 8.41. The number of benzene rings is 1. The number of para-hydroxylation sites is 1. The first-order chi connectivity index (χ1) is 14.1. The lowest BCUT2D eigenvalue weighted by atomic mass is 9.99. The Balaban J connectivity index is 1.60. The summed E-state index contributed by atoms with van der Waals surface area (Å²) in [4.78, 5) is 18.7. The fourth-order valence-corrected chi connectivity index (χ4v) is 4.54. The summed E-state index contributed by atoms with van der Waals surface area (Å²) in [5, 5.41) is 18.9. The van der Waals surface area contributed by atoms with Crippen molar-refractivity contribution in [3.05, 3.63) is 46.2 Å². The largest absolute Gasteiger partial charge is 0.504 e. The van der Waals surface area contributed by atoms with Crippen LogP contribution < -0.4 is 4.74 Å². The number of piperazine rings is 1. The fourth-order valence-electron chi connectivity index (χ4n) is 3.82. The molecule has 7 nitrogen and oxygen atoms in total. The third kappa shape index (κ3) is 4.14. The normalized spacial score (nSPS) is 20.7. The van der Waals surface area contributed by atoms with Gasteiger partial charge in [-0.25, -0.2) is 5.01 Å². The lowest BCUT2D eigenvalue weighted by molar-refractivity contribution is -0.134. The van der Waals surface area contributed by atoms with Crippen molar-refractivity contribution in [2.24, 2.45) is 5.10 Å². The predicted molar refractivity (Wildman–Crippen MR) is 114 cm³/mol. The van der Waals surface area contributed by atoms with Gasteiger partial charge in [-0.1, -0.05) is 18.2 Å². The van der Waals surface area contributed by atoms with Gasteiger partial charge in [-0.15, -0.1) is 11.3 Å². The zero-order valence-electron chi connectivity index (χ0n) is 16.7. The number of hydrogen-bond donors (Lipinski definition) is 1. The molecule has 1 atom stereocenters. The van der Waals surface area contributed by atoms with Gasteiger partial charge in [0.15, 0.2) is 11.5 Å². The number of amides is 1. The number of ether oxygens (including phenoxy) is 1. The Morgan fingerprint density at radius 1 is 1.24 bits per heavy atom. The monoisotopic (exact) mass is 414 g/mol. The van der Waals surface area contributed by atoms with Gasteiger partial charge in [0, 0.05) is 38.2 Å². The summed E-state index contributed by atoms with van der Waals surface area (Å²) < 4.78 is 5.27. The van der Waals surface area contributed by atoms with Crippen LogP contribution in [0.25, 0.3) is 0 Å². The molecule has 3 heterocycles. The molecule has 2 aromatic rings. The topological polar surface area (TPSA) is 68.6 Å². The molecule has 1 unspecified atom stereocenters. The molecule has 0 spiro atoms. The number of carbonyl (C=O) groups excluding carboxylic acids is 1. The van der Waals surface area contributed by atoms with Gasteiger partial charge < -0.3 is 14.7 Å². The number of hydrogen-bond acceptors (Lipinski definition) is 7. The second kappa shape index (κ2) is 8.52. The molecule has 1 aromatic carbocycles. The van der Waals surface area contributed by atoms with Crippen molar-refractivity contribution in [1.29, 1.82) is 0 Å². The molecule has 2 aliphatic rings. The molecular formula is C21H26N4O3S.